The van der Waals surface area contributed by atoms with Gasteiger partial charge in [0.05, 0.1) is 0 Å². The van der Waals surface area contributed by atoms with Gasteiger partial charge in [0.15, 0.2) is 0 Å². The molecule has 1 fully saturated rings. The van der Waals surface area contributed by atoms with Crippen molar-refractivity contribution in [3.05, 3.63) is 0 Å². The van der Waals surface area contributed by atoms with Crippen molar-refractivity contribution in [2.45, 2.75) is 60.0 Å². The molecule has 1 aliphatic rings. The van der Waals surface area contributed by atoms with E-state index < -0.39 is 6.04 Å². The predicted octanol–water partition coefficient (Wildman–Crippen LogP) is 1.79. The lowest BCUT2D eigenvalue weighted by atomic mass is 9.83. The van der Waals surface area contributed by atoms with Crippen molar-refractivity contribution in [1.82, 2.24) is 10.2 Å². The first kappa shape index (κ1) is 15.0. The Hall–Kier alpha value is -1.06. The molecule has 1 aliphatic heterocycles. The van der Waals surface area contributed by atoms with Crippen LogP contribution in [0.5, 0.6) is 0 Å². The molecule has 18 heavy (non-hydrogen) atoms. The summed E-state index contributed by atoms with van der Waals surface area (Å²) in [7, 11) is 0. The molecule has 0 aliphatic carbocycles. The fourth-order valence-corrected chi connectivity index (χ4v) is 2.36. The number of hydrogen-bond donors (Lipinski definition) is 1. The van der Waals surface area contributed by atoms with E-state index in [0.29, 0.717) is 18.9 Å². The second-order valence-electron chi connectivity index (χ2n) is 6.62. The average molecular weight is 254 g/mol. The van der Waals surface area contributed by atoms with Gasteiger partial charge < -0.3 is 10.2 Å². The van der Waals surface area contributed by atoms with Crippen molar-refractivity contribution >= 4 is 11.8 Å². The van der Waals surface area contributed by atoms with Crippen LogP contribution in [0.15, 0.2) is 0 Å². The highest BCUT2D eigenvalue weighted by Crippen LogP contribution is 2.26. The zero-order chi connectivity index (χ0) is 14.1. The summed E-state index contributed by atoms with van der Waals surface area (Å²) in [4.78, 5) is 26.4. The van der Waals surface area contributed by atoms with Crippen LogP contribution < -0.4 is 5.32 Å². The molecule has 0 saturated carbocycles. The molecule has 0 aromatic heterocycles. The first-order valence-corrected chi connectivity index (χ1v) is 6.79. The van der Waals surface area contributed by atoms with Gasteiger partial charge in [0.25, 0.3) is 0 Å². The first-order chi connectivity index (χ1) is 8.18. The van der Waals surface area contributed by atoms with Gasteiger partial charge in [-0.15, -0.1) is 0 Å². The van der Waals surface area contributed by atoms with Crippen molar-refractivity contribution in [1.29, 1.82) is 0 Å². The molecule has 0 spiro atoms. The Bertz CT molecular complexity index is 331. The van der Waals surface area contributed by atoms with Crippen LogP contribution in [0, 0.1) is 11.3 Å². The number of piperazine rings is 1. The zero-order valence-electron chi connectivity index (χ0n) is 12.4. The zero-order valence-corrected chi connectivity index (χ0v) is 12.4. The van der Waals surface area contributed by atoms with Gasteiger partial charge >= 0.3 is 0 Å². The topological polar surface area (TPSA) is 49.4 Å². The molecule has 0 aromatic rings. The maximum absolute atomic E-state index is 12.5. The minimum absolute atomic E-state index is 0.0160. The number of carbonyl (C=O) groups excluding carboxylic acids is 2. The third-order valence-electron chi connectivity index (χ3n) is 3.31. The number of nitrogens with zero attached hydrogens (tertiary/aromatic N) is 1. The maximum atomic E-state index is 12.5. The summed E-state index contributed by atoms with van der Waals surface area (Å²) in [5.74, 6) is 0.412. The molecular weight excluding hydrogens is 228 g/mol. The molecule has 0 radical (unpaired) electrons. The summed E-state index contributed by atoms with van der Waals surface area (Å²) < 4.78 is 0. The Labute approximate surface area is 110 Å². The predicted molar refractivity (Wildman–Crippen MR) is 72.0 cm³/mol. The summed E-state index contributed by atoms with van der Waals surface area (Å²) in [6.07, 6.45) is 0.668. The van der Waals surface area contributed by atoms with Crippen LogP contribution in [0.4, 0.5) is 0 Å². The minimum atomic E-state index is -0.411. The van der Waals surface area contributed by atoms with Crippen molar-refractivity contribution in [2.24, 2.45) is 11.3 Å². The molecule has 2 amide bonds. The highest BCUT2D eigenvalue weighted by molar-refractivity contribution is 5.97. The number of amides is 2. The van der Waals surface area contributed by atoms with Crippen molar-refractivity contribution in [2.75, 3.05) is 6.54 Å². The number of nitrogens with one attached hydrogen (secondary N) is 1. The number of hydrogen-bond acceptors (Lipinski definition) is 2. The van der Waals surface area contributed by atoms with E-state index in [-0.39, 0.29) is 23.3 Å². The van der Waals surface area contributed by atoms with Gasteiger partial charge in [-0.1, -0.05) is 41.5 Å². The van der Waals surface area contributed by atoms with Crippen LogP contribution in [0.3, 0.4) is 0 Å². The van der Waals surface area contributed by atoms with Crippen LogP contribution in [-0.2, 0) is 9.59 Å². The van der Waals surface area contributed by atoms with E-state index in [9.17, 15) is 9.59 Å². The lowest BCUT2D eigenvalue weighted by Crippen LogP contribution is -2.66. The van der Waals surface area contributed by atoms with Gasteiger partial charge in [0.2, 0.25) is 11.8 Å². The summed E-state index contributed by atoms with van der Waals surface area (Å²) in [5.41, 5.74) is -0.249. The van der Waals surface area contributed by atoms with Crippen molar-refractivity contribution in [3.63, 3.8) is 0 Å². The lowest BCUT2D eigenvalue weighted by Gasteiger charge is -2.43. The van der Waals surface area contributed by atoms with Crippen LogP contribution in [0.25, 0.3) is 0 Å². The highest BCUT2D eigenvalue weighted by atomic mass is 16.2. The Morgan fingerprint density at radius 1 is 1.28 bits per heavy atom. The number of carbonyl (C=O) groups is 2. The normalized spacial score (nSPS) is 25.6. The quantitative estimate of drug-likeness (QED) is 0.835. The molecule has 1 rings (SSSR count). The smallest absolute Gasteiger partial charge is 0.246 e. The SMILES string of the molecule is CCC1C(=O)NC(C(C)(C)C)C(=O)N1CC(C)C. The fraction of sp³-hybridized carbons (Fsp3) is 0.857. The van der Waals surface area contributed by atoms with Gasteiger partial charge in [-0.05, 0) is 17.8 Å². The molecule has 1 heterocycles. The van der Waals surface area contributed by atoms with E-state index in [4.69, 9.17) is 0 Å². The van der Waals surface area contributed by atoms with Crippen LogP contribution in [0.1, 0.15) is 48.0 Å². The molecule has 0 aromatic carbocycles. The molecule has 4 nitrogen and oxygen atoms in total. The summed E-state index contributed by atoms with van der Waals surface area (Å²) in [5, 5.41) is 2.88. The van der Waals surface area contributed by atoms with Gasteiger partial charge in [-0.25, -0.2) is 0 Å². The first-order valence-electron chi connectivity index (χ1n) is 6.79. The van der Waals surface area contributed by atoms with Crippen molar-refractivity contribution in [3.8, 4) is 0 Å². The van der Waals surface area contributed by atoms with E-state index in [0.717, 1.165) is 0 Å². The van der Waals surface area contributed by atoms with Crippen LogP contribution in [-0.4, -0.2) is 35.3 Å². The van der Waals surface area contributed by atoms with Crippen LogP contribution >= 0.6 is 0 Å². The fourth-order valence-electron chi connectivity index (χ4n) is 2.36. The molecule has 1 saturated heterocycles. The van der Waals surface area contributed by atoms with Crippen LogP contribution in [0.2, 0.25) is 0 Å². The second-order valence-corrected chi connectivity index (χ2v) is 6.62. The second kappa shape index (κ2) is 5.29. The third-order valence-corrected chi connectivity index (χ3v) is 3.31. The van der Waals surface area contributed by atoms with E-state index in [1.165, 1.54) is 0 Å². The van der Waals surface area contributed by atoms with Gasteiger partial charge in [-0.3, -0.25) is 9.59 Å². The van der Waals surface area contributed by atoms with Gasteiger partial charge in [0, 0.05) is 6.54 Å². The largest absolute Gasteiger partial charge is 0.342 e. The monoisotopic (exact) mass is 254 g/mol. The molecule has 0 bridgehead atoms. The summed E-state index contributed by atoms with van der Waals surface area (Å²) in [6, 6.07) is -0.718. The van der Waals surface area contributed by atoms with Gasteiger partial charge in [0.1, 0.15) is 12.1 Å². The van der Waals surface area contributed by atoms with E-state index in [2.05, 4.69) is 19.2 Å². The molecule has 2 unspecified atom stereocenters. The Morgan fingerprint density at radius 3 is 2.22 bits per heavy atom. The third kappa shape index (κ3) is 3.03. The molecule has 1 N–H and O–H groups in total. The molecule has 4 heteroatoms. The van der Waals surface area contributed by atoms with Gasteiger partial charge in [-0.2, -0.15) is 0 Å². The van der Waals surface area contributed by atoms with Crippen molar-refractivity contribution < 1.29 is 9.59 Å². The van der Waals surface area contributed by atoms with E-state index in [1.54, 1.807) is 4.90 Å². The summed E-state index contributed by atoms with van der Waals surface area (Å²) >= 11 is 0. The van der Waals surface area contributed by atoms with E-state index in [1.807, 2.05) is 27.7 Å². The standard InChI is InChI=1S/C14H26N2O2/c1-7-10-12(17)15-11(14(4,5)6)13(18)16(10)8-9(2)3/h9-11H,7-8H2,1-6H3,(H,15,17). The highest BCUT2D eigenvalue weighted by Gasteiger charge is 2.44. The Kier molecular flexibility index (Phi) is 4.41. The molecule has 104 valence electrons. The van der Waals surface area contributed by atoms with E-state index >= 15 is 0 Å². The lowest BCUT2D eigenvalue weighted by molar-refractivity contribution is -0.153. The maximum Gasteiger partial charge on any atom is 0.246 e. The molecule has 2 atom stereocenters. The molecular formula is C14H26N2O2. The summed E-state index contributed by atoms with van der Waals surface area (Å²) in [6.45, 7) is 12.7. The average Bonchev–Trinajstić information content (AvgIpc) is 2.21. The minimum Gasteiger partial charge on any atom is -0.342 e. The number of rotatable bonds is 3. The Balaban J connectivity index is 3.01. The Morgan fingerprint density at radius 2 is 1.83 bits per heavy atom.